The summed E-state index contributed by atoms with van der Waals surface area (Å²) in [6.45, 7) is 0.932. The van der Waals surface area contributed by atoms with Crippen LogP contribution in [0.25, 0.3) is 0 Å². The Labute approximate surface area is 226 Å². The summed E-state index contributed by atoms with van der Waals surface area (Å²) in [5.74, 6) is -1.27. The second-order valence-electron chi connectivity index (χ2n) is 10.7. The number of likely N-dealkylation sites (tertiary alicyclic amines) is 1. The highest BCUT2D eigenvalue weighted by Gasteiger charge is 2.48. The Morgan fingerprint density at radius 1 is 1.11 bits per heavy atom. The van der Waals surface area contributed by atoms with Crippen LogP contribution in [0.2, 0.25) is 0 Å². The second kappa shape index (κ2) is 14.5. The number of amides is 2. The van der Waals surface area contributed by atoms with Crippen molar-refractivity contribution in [3.8, 4) is 0 Å². The van der Waals surface area contributed by atoms with Gasteiger partial charge in [0.15, 0.2) is 11.3 Å². The summed E-state index contributed by atoms with van der Waals surface area (Å²) in [6, 6.07) is 7.40. The second-order valence-corrected chi connectivity index (χ2v) is 10.7. The van der Waals surface area contributed by atoms with Gasteiger partial charge in [-0.3, -0.25) is 19.2 Å². The fourth-order valence-electron chi connectivity index (χ4n) is 5.84. The van der Waals surface area contributed by atoms with Gasteiger partial charge in [0.2, 0.25) is 18.1 Å². The van der Waals surface area contributed by atoms with Crippen LogP contribution in [0.1, 0.15) is 82.3 Å². The number of unbranched alkanes of at least 4 members (excludes halogenated alkanes) is 1. The molecule has 1 radical (unpaired) electrons. The molecule has 0 aromatic heterocycles. The van der Waals surface area contributed by atoms with E-state index in [1.54, 1.807) is 24.3 Å². The van der Waals surface area contributed by atoms with Crippen molar-refractivity contribution in [2.24, 2.45) is 17.4 Å². The number of benzene rings is 1. The Hall–Kier alpha value is -2.62. The summed E-state index contributed by atoms with van der Waals surface area (Å²) in [5.41, 5.74) is 10.4. The molecule has 2 amide bonds. The lowest BCUT2D eigenvalue weighted by Gasteiger charge is -2.36. The van der Waals surface area contributed by atoms with E-state index in [1.165, 1.54) is 12.0 Å². The molecular weight excluding hydrogens is 484 g/mol. The van der Waals surface area contributed by atoms with Crippen LogP contribution in [0.4, 0.5) is 0 Å². The van der Waals surface area contributed by atoms with Crippen LogP contribution in [-0.2, 0) is 23.9 Å². The molecule has 0 unspecified atom stereocenters. The van der Waals surface area contributed by atoms with Crippen molar-refractivity contribution in [3.63, 3.8) is 0 Å². The van der Waals surface area contributed by atoms with E-state index < -0.39 is 35.4 Å². The van der Waals surface area contributed by atoms with E-state index in [-0.39, 0.29) is 18.2 Å². The third-order valence-corrected chi connectivity index (χ3v) is 7.95. The third kappa shape index (κ3) is 7.27. The van der Waals surface area contributed by atoms with E-state index in [1.807, 2.05) is 12.4 Å². The molecule has 9 heteroatoms. The number of nitrogens with two attached hydrogens (primary N) is 2. The Balaban J connectivity index is 1.85. The van der Waals surface area contributed by atoms with Gasteiger partial charge in [0.05, 0.1) is 6.04 Å². The molecule has 1 saturated carbocycles. The predicted molar refractivity (Wildman–Crippen MR) is 145 cm³/mol. The molecule has 209 valence electrons. The average Bonchev–Trinajstić information content (AvgIpc) is 3.44. The van der Waals surface area contributed by atoms with Crippen LogP contribution < -0.4 is 16.8 Å². The summed E-state index contributed by atoms with van der Waals surface area (Å²) in [6.07, 6.45) is 9.02. The van der Waals surface area contributed by atoms with Crippen LogP contribution in [0, 0.1) is 5.92 Å². The van der Waals surface area contributed by atoms with E-state index in [4.69, 9.17) is 16.2 Å². The SMILES string of the molecule is CO[C@H](C(=O)[C@]([C]=O)(CC1CCCCC1)NC(=O)[C@@H]1CCCN1C(=O)[C@@H](N)CCCCN)c1ccccc1. The summed E-state index contributed by atoms with van der Waals surface area (Å²) in [7, 11) is 1.41. The number of hydrogen-bond donors (Lipinski definition) is 3. The molecule has 4 atom stereocenters. The number of hydrogen-bond acceptors (Lipinski definition) is 7. The van der Waals surface area contributed by atoms with E-state index in [2.05, 4.69) is 5.32 Å². The molecule has 1 aromatic carbocycles. The van der Waals surface area contributed by atoms with Gasteiger partial charge in [-0.25, -0.2) is 0 Å². The lowest BCUT2D eigenvalue weighted by molar-refractivity contribution is -0.142. The van der Waals surface area contributed by atoms with Crippen molar-refractivity contribution in [1.29, 1.82) is 0 Å². The van der Waals surface area contributed by atoms with Crippen LogP contribution >= 0.6 is 0 Å². The van der Waals surface area contributed by atoms with Crippen molar-refractivity contribution < 1.29 is 23.9 Å². The molecular formula is C29H43N4O5. The van der Waals surface area contributed by atoms with Gasteiger partial charge in [-0.2, -0.15) is 0 Å². The first-order valence-corrected chi connectivity index (χ1v) is 14.0. The molecule has 2 aliphatic rings. The highest BCUT2D eigenvalue weighted by molar-refractivity contribution is 6.09. The van der Waals surface area contributed by atoms with Gasteiger partial charge >= 0.3 is 0 Å². The van der Waals surface area contributed by atoms with Gasteiger partial charge in [-0.15, -0.1) is 0 Å². The molecule has 1 aromatic rings. The topological polar surface area (TPSA) is 145 Å². The molecule has 9 nitrogen and oxygen atoms in total. The van der Waals surface area contributed by atoms with E-state index in [9.17, 15) is 19.2 Å². The lowest BCUT2D eigenvalue weighted by atomic mass is 9.76. The van der Waals surface area contributed by atoms with E-state index in [0.29, 0.717) is 37.9 Å². The Bertz CT molecular complexity index is 936. The maximum atomic E-state index is 14.0. The van der Waals surface area contributed by atoms with Crippen LogP contribution in [0.3, 0.4) is 0 Å². The van der Waals surface area contributed by atoms with Gasteiger partial charge in [-0.05, 0) is 50.1 Å². The Morgan fingerprint density at radius 3 is 2.45 bits per heavy atom. The zero-order valence-corrected chi connectivity index (χ0v) is 22.5. The number of Topliss-reactive ketones (excluding diaryl/α,β-unsaturated/α-hetero) is 1. The maximum Gasteiger partial charge on any atom is 0.243 e. The zero-order valence-electron chi connectivity index (χ0n) is 22.5. The van der Waals surface area contributed by atoms with Gasteiger partial charge in [-0.1, -0.05) is 68.9 Å². The van der Waals surface area contributed by atoms with Crippen molar-refractivity contribution in [2.75, 3.05) is 20.2 Å². The van der Waals surface area contributed by atoms with Crippen molar-refractivity contribution >= 4 is 23.9 Å². The molecule has 1 aliphatic carbocycles. The average molecular weight is 528 g/mol. The molecule has 2 fully saturated rings. The molecule has 5 N–H and O–H groups in total. The first kappa shape index (κ1) is 29.9. The minimum Gasteiger partial charge on any atom is -0.369 e. The van der Waals surface area contributed by atoms with Crippen molar-refractivity contribution in [1.82, 2.24) is 10.2 Å². The molecule has 1 aliphatic heterocycles. The molecule has 3 rings (SSSR count). The summed E-state index contributed by atoms with van der Waals surface area (Å²) in [4.78, 5) is 55.0. The molecule has 38 heavy (non-hydrogen) atoms. The Morgan fingerprint density at radius 2 is 1.82 bits per heavy atom. The van der Waals surface area contributed by atoms with Gasteiger partial charge in [0.1, 0.15) is 12.1 Å². The number of carbonyl (C=O) groups is 3. The van der Waals surface area contributed by atoms with Gasteiger partial charge in [0.25, 0.3) is 0 Å². The van der Waals surface area contributed by atoms with E-state index >= 15 is 0 Å². The zero-order chi connectivity index (χ0) is 27.5. The van der Waals surface area contributed by atoms with Crippen LogP contribution in [0.15, 0.2) is 30.3 Å². The number of rotatable bonds is 14. The third-order valence-electron chi connectivity index (χ3n) is 7.95. The van der Waals surface area contributed by atoms with Gasteiger partial charge < -0.3 is 26.4 Å². The standard InChI is InChI=1S/C29H43N4O5/c1-38-25(22-13-6-3-7-14-22)26(35)29(20-34,19-21-11-4-2-5-12-21)32-27(36)24-16-10-18-33(24)28(37)23(31)15-8-9-17-30/h3,6-7,13-14,21,23-25H,2,4-5,8-12,15-19,30-31H2,1H3,(H,32,36)/t23-,24-,25-,29+/m0/s1. The van der Waals surface area contributed by atoms with E-state index in [0.717, 1.165) is 44.9 Å². The quantitative estimate of drug-likeness (QED) is 0.249. The molecule has 1 saturated heterocycles. The maximum absolute atomic E-state index is 14.0. The fourth-order valence-corrected chi connectivity index (χ4v) is 5.84. The fraction of sp³-hybridized carbons (Fsp3) is 0.655. The number of carbonyl (C=O) groups excluding carboxylic acids is 4. The molecule has 1 heterocycles. The van der Waals surface area contributed by atoms with Crippen LogP contribution in [-0.4, -0.2) is 66.6 Å². The number of nitrogens with one attached hydrogen (secondary N) is 1. The summed E-state index contributed by atoms with van der Waals surface area (Å²) < 4.78 is 5.57. The summed E-state index contributed by atoms with van der Waals surface area (Å²) >= 11 is 0. The first-order chi connectivity index (χ1) is 18.4. The number of methoxy groups -OCH3 is 1. The van der Waals surface area contributed by atoms with Crippen molar-refractivity contribution in [2.45, 2.75) is 94.4 Å². The predicted octanol–water partition coefficient (Wildman–Crippen LogP) is 2.33. The van der Waals surface area contributed by atoms with Gasteiger partial charge in [0, 0.05) is 13.7 Å². The Kier molecular flexibility index (Phi) is 11.4. The monoisotopic (exact) mass is 527 g/mol. The van der Waals surface area contributed by atoms with Crippen molar-refractivity contribution in [3.05, 3.63) is 35.9 Å². The normalized spacial score (nSPS) is 21.3. The molecule has 0 spiro atoms. The summed E-state index contributed by atoms with van der Waals surface area (Å²) in [5, 5.41) is 2.79. The number of ketones is 1. The number of ether oxygens (including phenoxy) is 1. The minimum atomic E-state index is -1.88. The first-order valence-electron chi connectivity index (χ1n) is 14.0. The smallest absolute Gasteiger partial charge is 0.243 e. The number of nitrogens with zero attached hydrogens (tertiary/aromatic N) is 1. The highest BCUT2D eigenvalue weighted by atomic mass is 16.5. The molecule has 0 bridgehead atoms. The highest BCUT2D eigenvalue weighted by Crippen LogP contribution is 2.34. The lowest BCUT2D eigenvalue weighted by Crippen LogP contribution is -2.62. The minimum absolute atomic E-state index is 0.0972. The van der Waals surface area contributed by atoms with Crippen LogP contribution in [0.5, 0.6) is 0 Å². The largest absolute Gasteiger partial charge is 0.369 e.